The third-order valence-electron chi connectivity index (χ3n) is 3.25. The molecule has 3 N–H and O–H groups in total. The number of anilines is 1. The molecule has 1 unspecified atom stereocenters. The van der Waals surface area contributed by atoms with Crippen molar-refractivity contribution in [1.29, 1.82) is 0 Å². The molecule has 0 aromatic heterocycles. The molecule has 1 aromatic carbocycles. The van der Waals surface area contributed by atoms with Gasteiger partial charge < -0.3 is 16.0 Å². The highest BCUT2D eigenvalue weighted by molar-refractivity contribution is 6.06. The fourth-order valence-corrected chi connectivity index (χ4v) is 2.25. The van der Waals surface area contributed by atoms with E-state index in [9.17, 15) is 9.59 Å². The molecule has 1 atom stereocenters. The van der Waals surface area contributed by atoms with Gasteiger partial charge >= 0.3 is 6.03 Å². The van der Waals surface area contributed by atoms with Crippen LogP contribution < -0.4 is 16.0 Å². The molecule has 20 heavy (non-hydrogen) atoms. The molecule has 0 fully saturated rings. The van der Waals surface area contributed by atoms with Crippen LogP contribution in [0.4, 0.5) is 10.5 Å². The Morgan fingerprint density at radius 2 is 1.90 bits per heavy atom. The summed E-state index contributed by atoms with van der Waals surface area (Å²) in [7, 11) is 0. The van der Waals surface area contributed by atoms with Gasteiger partial charge in [0.15, 0.2) is 0 Å². The van der Waals surface area contributed by atoms with Crippen LogP contribution in [0.2, 0.25) is 0 Å². The molecular formula is C15H19N3O2. The molecule has 1 aliphatic heterocycles. The lowest BCUT2D eigenvalue weighted by Crippen LogP contribution is -2.52. The molecule has 0 saturated heterocycles. The summed E-state index contributed by atoms with van der Waals surface area (Å²) in [4.78, 5) is 24.0. The first-order chi connectivity index (χ1) is 9.49. The molecule has 5 nitrogen and oxygen atoms in total. The third-order valence-corrected chi connectivity index (χ3v) is 3.25. The summed E-state index contributed by atoms with van der Waals surface area (Å²) < 4.78 is 0. The van der Waals surface area contributed by atoms with Crippen molar-refractivity contribution < 1.29 is 9.59 Å². The first-order valence-corrected chi connectivity index (χ1v) is 6.63. The Labute approximate surface area is 118 Å². The number of benzene rings is 1. The third kappa shape index (κ3) is 2.99. The van der Waals surface area contributed by atoms with E-state index in [-0.39, 0.29) is 23.9 Å². The van der Waals surface area contributed by atoms with E-state index in [2.05, 4.69) is 16.0 Å². The first-order valence-electron chi connectivity index (χ1n) is 6.63. The van der Waals surface area contributed by atoms with Crippen LogP contribution in [0.15, 0.2) is 41.6 Å². The smallest absolute Gasteiger partial charge is 0.319 e. The van der Waals surface area contributed by atoms with Crippen molar-refractivity contribution in [1.82, 2.24) is 10.6 Å². The zero-order chi connectivity index (χ0) is 14.7. The minimum Gasteiger partial charge on any atom is -0.331 e. The number of para-hydroxylation sites is 1. The maximum absolute atomic E-state index is 12.4. The minimum atomic E-state index is -0.285. The zero-order valence-corrected chi connectivity index (χ0v) is 11.9. The number of amides is 3. The second kappa shape index (κ2) is 5.77. The van der Waals surface area contributed by atoms with Crippen molar-refractivity contribution in [2.75, 3.05) is 5.32 Å². The van der Waals surface area contributed by atoms with Gasteiger partial charge in [-0.05, 0) is 25.0 Å². The second-order valence-corrected chi connectivity index (χ2v) is 5.18. The van der Waals surface area contributed by atoms with Gasteiger partial charge in [0.05, 0.1) is 11.6 Å². The summed E-state index contributed by atoms with van der Waals surface area (Å²) in [5.74, 6) is -0.0626. The molecule has 1 heterocycles. The fraction of sp³-hybridized carbons (Fsp3) is 0.333. The Morgan fingerprint density at radius 1 is 1.25 bits per heavy atom. The highest BCUT2D eigenvalue weighted by Crippen LogP contribution is 2.20. The van der Waals surface area contributed by atoms with E-state index in [0.717, 1.165) is 5.69 Å². The lowest BCUT2D eigenvalue weighted by molar-refractivity contribution is -0.113. The molecule has 1 aliphatic rings. The zero-order valence-electron chi connectivity index (χ0n) is 11.9. The highest BCUT2D eigenvalue weighted by Gasteiger charge is 2.31. The molecule has 0 spiro atoms. The molecule has 1 aromatic rings. The van der Waals surface area contributed by atoms with Crippen LogP contribution in [0.25, 0.3) is 0 Å². The number of hydrogen-bond acceptors (Lipinski definition) is 2. The van der Waals surface area contributed by atoms with Crippen molar-refractivity contribution in [2.45, 2.75) is 26.8 Å². The summed E-state index contributed by atoms with van der Waals surface area (Å²) in [5.41, 5.74) is 1.90. The molecule has 2 rings (SSSR count). The normalized spacial score (nSPS) is 18.6. The van der Waals surface area contributed by atoms with Crippen LogP contribution in [-0.4, -0.2) is 18.0 Å². The van der Waals surface area contributed by atoms with Crippen molar-refractivity contribution in [3.8, 4) is 0 Å². The van der Waals surface area contributed by atoms with Crippen molar-refractivity contribution in [3.63, 3.8) is 0 Å². The number of allylic oxidation sites excluding steroid dienone is 1. The first kappa shape index (κ1) is 14.1. The van der Waals surface area contributed by atoms with Gasteiger partial charge in [0.1, 0.15) is 0 Å². The lowest BCUT2D eigenvalue weighted by Gasteiger charge is -2.30. The van der Waals surface area contributed by atoms with Gasteiger partial charge in [-0.3, -0.25) is 4.79 Å². The monoisotopic (exact) mass is 273 g/mol. The van der Waals surface area contributed by atoms with Gasteiger partial charge in [-0.2, -0.15) is 0 Å². The number of rotatable bonds is 3. The molecule has 0 aliphatic carbocycles. The Hall–Kier alpha value is -2.30. The predicted molar refractivity (Wildman–Crippen MR) is 78.1 cm³/mol. The highest BCUT2D eigenvalue weighted by atomic mass is 16.2. The predicted octanol–water partition coefficient (Wildman–Crippen LogP) is 2.24. The molecule has 0 saturated carbocycles. The summed E-state index contributed by atoms with van der Waals surface area (Å²) in [6.07, 6.45) is 0. The van der Waals surface area contributed by atoms with Crippen LogP contribution >= 0.6 is 0 Å². The van der Waals surface area contributed by atoms with Crippen molar-refractivity contribution in [2.24, 2.45) is 5.92 Å². The van der Waals surface area contributed by atoms with E-state index in [1.165, 1.54) is 0 Å². The van der Waals surface area contributed by atoms with Crippen LogP contribution in [0.5, 0.6) is 0 Å². The second-order valence-electron chi connectivity index (χ2n) is 5.18. The van der Waals surface area contributed by atoms with Gasteiger partial charge in [0.25, 0.3) is 5.91 Å². The van der Waals surface area contributed by atoms with Gasteiger partial charge in [0, 0.05) is 11.4 Å². The topological polar surface area (TPSA) is 70.2 Å². The fourth-order valence-electron chi connectivity index (χ4n) is 2.25. The van der Waals surface area contributed by atoms with Gasteiger partial charge in [-0.15, -0.1) is 0 Å². The standard InChI is InChI=1S/C15H19N3O2/c1-9(2)13-12(10(3)16-15(20)18-13)14(19)17-11-7-5-4-6-8-11/h4-9,13H,1-3H3,(H,17,19)(H2,16,18,20). The Kier molecular flexibility index (Phi) is 4.08. The molecule has 106 valence electrons. The van der Waals surface area contributed by atoms with Gasteiger partial charge in [0.2, 0.25) is 0 Å². The van der Waals surface area contributed by atoms with Crippen LogP contribution in [0, 0.1) is 5.92 Å². The molecule has 0 bridgehead atoms. The van der Waals surface area contributed by atoms with Crippen molar-refractivity contribution >= 4 is 17.6 Å². The molecule has 5 heteroatoms. The largest absolute Gasteiger partial charge is 0.331 e. The number of carbonyl (C=O) groups is 2. The quantitative estimate of drug-likeness (QED) is 0.790. The maximum Gasteiger partial charge on any atom is 0.319 e. The van der Waals surface area contributed by atoms with E-state index in [1.54, 1.807) is 6.92 Å². The summed E-state index contributed by atoms with van der Waals surface area (Å²) in [6, 6.07) is 8.71. The van der Waals surface area contributed by atoms with E-state index < -0.39 is 0 Å². The summed E-state index contributed by atoms with van der Waals surface area (Å²) in [5, 5.41) is 8.30. The van der Waals surface area contributed by atoms with E-state index >= 15 is 0 Å². The molecular weight excluding hydrogens is 254 g/mol. The summed E-state index contributed by atoms with van der Waals surface area (Å²) in [6.45, 7) is 5.69. The average molecular weight is 273 g/mol. The number of hydrogen-bond donors (Lipinski definition) is 3. The van der Waals surface area contributed by atoms with E-state index in [1.807, 2.05) is 44.2 Å². The molecule has 3 amide bonds. The minimum absolute atomic E-state index is 0.132. The maximum atomic E-state index is 12.4. The van der Waals surface area contributed by atoms with E-state index in [4.69, 9.17) is 0 Å². The van der Waals surface area contributed by atoms with Gasteiger partial charge in [-0.25, -0.2) is 4.79 Å². The van der Waals surface area contributed by atoms with Crippen molar-refractivity contribution in [3.05, 3.63) is 41.6 Å². The van der Waals surface area contributed by atoms with Crippen LogP contribution in [0.3, 0.4) is 0 Å². The van der Waals surface area contributed by atoms with E-state index in [0.29, 0.717) is 11.3 Å². The number of carbonyl (C=O) groups excluding carboxylic acids is 2. The lowest BCUT2D eigenvalue weighted by atomic mass is 9.92. The number of urea groups is 1. The molecule has 0 radical (unpaired) electrons. The SMILES string of the molecule is CC1=C(C(=O)Nc2ccccc2)C(C(C)C)NC(=O)N1. The Morgan fingerprint density at radius 3 is 2.50 bits per heavy atom. The Balaban J connectivity index is 2.25. The number of nitrogens with one attached hydrogen (secondary N) is 3. The van der Waals surface area contributed by atoms with Gasteiger partial charge in [-0.1, -0.05) is 32.0 Å². The average Bonchev–Trinajstić information content (AvgIpc) is 2.38. The Bertz CT molecular complexity index is 549. The van der Waals surface area contributed by atoms with Crippen LogP contribution in [0.1, 0.15) is 20.8 Å². The summed E-state index contributed by atoms with van der Waals surface area (Å²) >= 11 is 0. The van der Waals surface area contributed by atoms with Crippen LogP contribution in [-0.2, 0) is 4.79 Å².